The summed E-state index contributed by atoms with van der Waals surface area (Å²) in [5.41, 5.74) is 0. The lowest BCUT2D eigenvalue weighted by molar-refractivity contribution is -0.142. The number of rotatable bonds is 7. The zero-order chi connectivity index (χ0) is 21.8. The summed E-state index contributed by atoms with van der Waals surface area (Å²) in [7, 11) is 0. The summed E-state index contributed by atoms with van der Waals surface area (Å²) in [5.74, 6) is -0.279. The van der Waals surface area contributed by atoms with E-state index < -0.39 is 5.79 Å². The Kier molecular flexibility index (Phi) is 14.0. The summed E-state index contributed by atoms with van der Waals surface area (Å²) in [6, 6.07) is 0. The molecule has 0 spiro atoms. The Balaban J connectivity index is 0.000000423. The highest BCUT2D eigenvalue weighted by molar-refractivity contribution is 14.1. The van der Waals surface area contributed by atoms with Crippen LogP contribution < -0.4 is 0 Å². The van der Waals surface area contributed by atoms with Crippen LogP contribution in [-0.2, 0) is 28.5 Å². The monoisotopic (exact) mass is 514 g/mol. The second kappa shape index (κ2) is 14.0. The van der Waals surface area contributed by atoms with Crippen molar-refractivity contribution in [2.24, 2.45) is 0 Å². The van der Waals surface area contributed by atoms with Crippen LogP contribution in [0.2, 0.25) is 0 Å². The lowest BCUT2D eigenvalue weighted by Gasteiger charge is -2.16. The smallest absolute Gasteiger partial charge is 0.163 e. The third kappa shape index (κ3) is 14.0. The summed E-state index contributed by atoms with van der Waals surface area (Å²) in [6.07, 6.45) is 4.05. The molecule has 166 valence electrons. The normalized spacial score (nSPS) is 24.6. The van der Waals surface area contributed by atoms with Crippen LogP contribution in [0.4, 0.5) is 0 Å². The van der Waals surface area contributed by atoms with Gasteiger partial charge in [0.2, 0.25) is 0 Å². The van der Waals surface area contributed by atoms with Crippen LogP contribution in [0.1, 0.15) is 80.6 Å². The zero-order valence-electron chi connectivity index (χ0n) is 18.6. The minimum atomic E-state index is -0.503. The number of Topliss-reactive ketones (excluding diaryl/α,β-unsaturated/α-hetero) is 2. The van der Waals surface area contributed by atoms with Crippen LogP contribution in [0.3, 0.4) is 0 Å². The molecule has 0 aromatic carbocycles. The average molecular weight is 514 g/mol. The summed E-state index contributed by atoms with van der Waals surface area (Å²) >= 11 is 2.30. The van der Waals surface area contributed by atoms with Crippen molar-refractivity contribution in [2.45, 2.75) is 104 Å². The molecule has 2 fully saturated rings. The molecule has 0 aliphatic carbocycles. The molecule has 2 unspecified atom stereocenters. The number of ketones is 2. The van der Waals surface area contributed by atoms with Gasteiger partial charge in [0, 0.05) is 23.7 Å². The van der Waals surface area contributed by atoms with Crippen molar-refractivity contribution < 1.29 is 28.5 Å². The van der Waals surface area contributed by atoms with E-state index in [2.05, 4.69) is 22.6 Å². The molecule has 2 heterocycles. The Bertz CT molecular complexity index is 464. The summed E-state index contributed by atoms with van der Waals surface area (Å²) in [5, 5.41) is 0. The standard InChI is InChI=1S/C10H18O3.C6H11IO2.C5H10O/c1-4-5-8(11)6-9-7-12-10(2,3)13-9;1-6(2)8-4-5(3-7)9-6;1-3-4-5(2)6/h9H,4-7H2,1-3H3;5H,3-4H2,1-2H3;3-4H2,1-2H3. The average Bonchev–Trinajstić information content (AvgIpc) is 3.09. The van der Waals surface area contributed by atoms with E-state index >= 15 is 0 Å². The fraction of sp³-hybridized carbons (Fsp3) is 0.905. The molecule has 7 heteroatoms. The molecule has 2 aliphatic heterocycles. The maximum absolute atomic E-state index is 11.3. The Hall–Kier alpha value is -0.0900. The fourth-order valence-electron chi connectivity index (χ4n) is 2.69. The van der Waals surface area contributed by atoms with Crippen molar-refractivity contribution in [1.29, 1.82) is 0 Å². The fourth-order valence-corrected chi connectivity index (χ4v) is 3.12. The molecule has 2 rings (SSSR count). The number of hydrogen-bond donors (Lipinski definition) is 0. The van der Waals surface area contributed by atoms with Crippen LogP contribution in [0.15, 0.2) is 0 Å². The molecule has 28 heavy (non-hydrogen) atoms. The second-order valence-electron chi connectivity index (χ2n) is 8.00. The van der Waals surface area contributed by atoms with Crippen molar-refractivity contribution in [1.82, 2.24) is 0 Å². The van der Waals surface area contributed by atoms with Gasteiger partial charge in [-0.3, -0.25) is 4.79 Å². The van der Waals surface area contributed by atoms with Crippen molar-refractivity contribution in [2.75, 3.05) is 17.6 Å². The molecule has 0 N–H and O–H groups in total. The lowest BCUT2D eigenvalue weighted by atomic mass is 10.1. The molecule has 0 aromatic rings. The van der Waals surface area contributed by atoms with Crippen molar-refractivity contribution >= 4 is 34.2 Å². The largest absolute Gasteiger partial charge is 0.348 e. The Labute approximate surface area is 184 Å². The Morgan fingerprint density at radius 3 is 1.61 bits per heavy atom. The minimum Gasteiger partial charge on any atom is -0.348 e. The first kappa shape index (κ1) is 27.9. The van der Waals surface area contributed by atoms with E-state index in [0.717, 1.165) is 30.3 Å². The number of halogens is 1. The minimum absolute atomic E-state index is 0.0333. The number of ether oxygens (including phenoxy) is 4. The molecule has 0 amide bonds. The summed E-state index contributed by atoms with van der Waals surface area (Å²) in [6.45, 7) is 14.5. The highest BCUT2D eigenvalue weighted by Crippen LogP contribution is 2.24. The maximum Gasteiger partial charge on any atom is 0.163 e. The summed E-state index contributed by atoms with van der Waals surface area (Å²) in [4.78, 5) is 21.3. The van der Waals surface area contributed by atoms with Gasteiger partial charge >= 0.3 is 0 Å². The topological polar surface area (TPSA) is 71.1 Å². The molecule has 2 atom stereocenters. The van der Waals surface area contributed by atoms with E-state index in [1.807, 2.05) is 41.5 Å². The molecule has 2 aliphatic rings. The summed E-state index contributed by atoms with van der Waals surface area (Å²) < 4.78 is 22.7. The Morgan fingerprint density at radius 1 is 0.893 bits per heavy atom. The third-order valence-electron chi connectivity index (χ3n) is 3.89. The van der Waals surface area contributed by atoms with E-state index in [1.165, 1.54) is 0 Å². The van der Waals surface area contributed by atoms with Crippen LogP contribution in [0, 0.1) is 0 Å². The zero-order valence-corrected chi connectivity index (χ0v) is 20.8. The Morgan fingerprint density at radius 2 is 1.36 bits per heavy atom. The van der Waals surface area contributed by atoms with Crippen LogP contribution in [-0.4, -0.2) is 53.0 Å². The molecular weight excluding hydrogens is 475 g/mol. The van der Waals surface area contributed by atoms with Crippen LogP contribution in [0.5, 0.6) is 0 Å². The van der Waals surface area contributed by atoms with Gasteiger partial charge in [-0.2, -0.15) is 0 Å². The number of carbonyl (C=O) groups is 2. The molecular formula is C21H39IO6. The highest BCUT2D eigenvalue weighted by atomic mass is 127. The number of alkyl halides is 1. The number of carbonyl (C=O) groups excluding carboxylic acids is 2. The molecule has 0 bridgehead atoms. The van der Waals surface area contributed by atoms with Gasteiger partial charge in [-0.25, -0.2) is 0 Å². The van der Waals surface area contributed by atoms with Gasteiger partial charge in [0.05, 0.1) is 25.4 Å². The van der Waals surface area contributed by atoms with Gasteiger partial charge in [0.25, 0.3) is 0 Å². The van der Waals surface area contributed by atoms with E-state index in [-0.39, 0.29) is 23.5 Å². The SMILES string of the molecule is CC1(C)OCC(CI)O1.CCCC(=O)CC1COC(C)(C)O1.CCCC(C)=O. The lowest BCUT2D eigenvalue weighted by Crippen LogP contribution is -2.22. The second-order valence-corrected chi connectivity index (χ2v) is 8.88. The maximum atomic E-state index is 11.3. The van der Waals surface area contributed by atoms with Crippen molar-refractivity contribution in [3.8, 4) is 0 Å². The van der Waals surface area contributed by atoms with Gasteiger partial charge in [-0.1, -0.05) is 36.4 Å². The van der Waals surface area contributed by atoms with E-state index in [4.69, 9.17) is 18.9 Å². The predicted molar refractivity (Wildman–Crippen MR) is 119 cm³/mol. The number of hydrogen-bond acceptors (Lipinski definition) is 6. The van der Waals surface area contributed by atoms with Crippen LogP contribution in [0.25, 0.3) is 0 Å². The quantitative estimate of drug-likeness (QED) is 0.358. The van der Waals surface area contributed by atoms with E-state index in [9.17, 15) is 9.59 Å². The van der Waals surface area contributed by atoms with Crippen molar-refractivity contribution in [3.63, 3.8) is 0 Å². The highest BCUT2D eigenvalue weighted by Gasteiger charge is 2.33. The van der Waals surface area contributed by atoms with Gasteiger partial charge in [0.15, 0.2) is 11.6 Å². The molecule has 0 radical (unpaired) electrons. The molecule has 2 saturated heterocycles. The van der Waals surface area contributed by atoms with Gasteiger partial charge in [-0.05, 0) is 47.5 Å². The van der Waals surface area contributed by atoms with Gasteiger partial charge in [-0.15, -0.1) is 0 Å². The molecule has 6 nitrogen and oxygen atoms in total. The first-order chi connectivity index (χ1) is 12.9. The van der Waals surface area contributed by atoms with Crippen molar-refractivity contribution in [3.05, 3.63) is 0 Å². The predicted octanol–water partition coefficient (Wildman–Crippen LogP) is 4.85. The van der Waals surface area contributed by atoms with Gasteiger partial charge in [0.1, 0.15) is 11.6 Å². The first-order valence-electron chi connectivity index (χ1n) is 10.1. The van der Waals surface area contributed by atoms with E-state index in [0.29, 0.717) is 25.6 Å². The van der Waals surface area contributed by atoms with Gasteiger partial charge < -0.3 is 23.7 Å². The van der Waals surface area contributed by atoms with Crippen LogP contribution >= 0.6 is 22.6 Å². The molecule has 0 saturated carbocycles. The van der Waals surface area contributed by atoms with E-state index in [1.54, 1.807) is 6.92 Å². The molecule has 0 aromatic heterocycles. The third-order valence-corrected chi connectivity index (χ3v) is 4.88. The first-order valence-corrected chi connectivity index (χ1v) is 11.7.